The van der Waals surface area contributed by atoms with Crippen LogP contribution in [0.25, 0.3) is 0 Å². The average Bonchev–Trinajstić information content (AvgIpc) is 3.38. The van der Waals surface area contributed by atoms with Gasteiger partial charge in [0.05, 0.1) is 0 Å². The van der Waals surface area contributed by atoms with Gasteiger partial charge >= 0.3 is 6.03 Å². The van der Waals surface area contributed by atoms with E-state index in [0.29, 0.717) is 11.8 Å². The minimum absolute atomic E-state index is 0.108. The van der Waals surface area contributed by atoms with Gasteiger partial charge in [0.1, 0.15) is 0 Å². The van der Waals surface area contributed by atoms with Gasteiger partial charge in [0.2, 0.25) is 0 Å². The topological polar surface area (TPSA) is 32.3 Å². The maximum atomic E-state index is 12.0. The molecule has 3 heteroatoms. The Morgan fingerprint density at radius 3 is 2.32 bits per heavy atom. The van der Waals surface area contributed by atoms with E-state index < -0.39 is 0 Å². The van der Waals surface area contributed by atoms with E-state index >= 15 is 0 Å². The monoisotopic (exact) mass is 300 g/mol. The van der Waals surface area contributed by atoms with E-state index in [-0.39, 0.29) is 6.03 Å². The molecule has 2 saturated carbocycles. The molecule has 2 fully saturated rings. The Labute approximate surface area is 134 Å². The molecule has 2 aliphatic carbocycles. The molecule has 1 aromatic carbocycles. The first-order valence-corrected chi connectivity index (χ1v) is 8.76. The van der Waals surface area contributed by atoms with Crippen LogP contribution in [0, 0.1) is 11.8 Å². The van der Waals surface area contributed by atoms with E-state index in [9.17, 15) is 4.79 Å². The first-order chi connectivity index (χ1) is 10.7. The van der Waals surface area contributed by atoms with Crippen LogP contribution >= 0.6 is 0 Å². The van der Waals surface area contributed by atoms with E-state index in [1.165, 1.54) is 44.1 Å². The summed E-state index contributed by atoms with van der Waals surface area (Å²) < 4.78 is 0. The Morgan fingerprint density at radius 2 is 1.68 bits per heavy atom. The summed E-state index contributed by atoms with van der Waals surface area (Å²) in [5.74, 6) is 2.13. The van der Waals surface area contributed by atoms with E-state index in [4.69, 9.17) is 0 Å². The smallest absolute Gasteiger partial charge is 0.317 e. The number of rotatable bonds is 5. The summed E-state index contributed by atoms with van der Waals surface area (Å²) in [5, 5.41) is 3.13. The molecule has 0 heterocycles. The lowest BCUT2D eigenvalue weighted by Gasteiger charge is -2.29. The third-order valence-corrected chi connectivity index (χ3v) is 5.24. The lowest BCUT2D eigenvalue weighted by atomic mass is 9.79. The number of nitrogens with zero attached hydrogens (tertiary/aromatic N) is 1. The summed E-state index contributed by atoms with van der Waals surface area (Å²) >= 11 is 0. The Bertz CT molecular complexity index is 475. The molecule has 1 aromatic rings. The lowest BCUT2D eigenvalue weighted by Crippen LogP contribution is -2.41. The van der Waals surface area contributed by atoms with Crippen LogP contribution < -0.4 is 5.32 Å². The highest BCUT2D eigenvalue weighted by Gasteiger charge is 2.26. The van der Waals surface area contributed by atoms with E-state index in [1.54, 1.807) is 0 Å². The largest absolute Gasteiger partial charge is 0.338 e. The van der Waals surface area contributed by atoms with Gasteiger partial charge in [-0.15, -0.1) is 0 Å². The summed E-state index contributed by atoms with van der Waals surface area (Å²) in [7, 11) is 1.92. The first kappa shape index (κ1) is 15.4. The van der Waals surface area contributed by atoms with Gasteiger partial charge in [-0.3, -0.25) is 0 Å². The number of hydrogen-bond acceptors (Lipinski definition) is 1. The molecular weight excluding hydrogens is 272 g/mol. The molecule has 0 saturated heterocycles. The van der Waals surface area contributed by atoms with Crippen LogP contribution in [0.4, 0.5) is 4.79 Å². The minimum Gasteiger partial charge on any atom is -0.338 e. The maximum absolute atomic E-state index is 12.0. The van der Waals surface area contributed by atoms with Crippen molar-refractivity contribution >= 4 is 6.03 Å². The number of nitrogens with one attached hydrogen (secondary N) is 1. The number of urea groups is 1. The maximum Gasteiger partial charge on any atom is 0.317 e. The summed E-state index contributed by atoms with van der Waals surface area (Å²) in [6, 6.07) is 11.0. The normalized spacial score (nSPS) is 24.8. The van der Waals surface area contributed by atoms with Crippen LogP contribution in [0.1, 0.15) is 50.0 Å². The molecule has 0 aromatic heterocycles. The predicted octanol–water partition coefficient (Wildman–Crippen LogP) is 4.01. The second kappa shape index (κ2) is 7.17. The van der Waals surface area contributed by atoms with Crippen LogP contribution in [0.5, 0.6) is 0 Å². The molecule has 2 amide bonds. The third kappa shape index (κ3) is 4.25. The highest BCUT2D eigenvalue weighted by Crippen LogP contribution is 2.35. The highest BCUT2D eigenvalue weighted by molar-refractivity contribution is 5.73. The lowest BCUT2D eigenvalue weighted by molar-refractivity contribution is 0.202. The Morgan fingerprint density at radius 1 is 1.05 bits per heavy atom. The molecule has 120 valence electrons. The Kier molecular flexibility index (Phi) is 5.01. The molecule has 1 N–H and O–H groups in total. The number of carbonyl (C=O) groups excluding carboxylic acids is 1. The zero-order valence-corrected chi connectivity index (χ0v) is 13.6. The predicted molar refractivity (Wildman–Crippen MR) is 89.9 cm³/mol. The van der Waals surface area contributed by atoms with Gasteiger partial charge in [-0.2, -0.15) is 0 Å². The minimum atomic E-state index is 0.108. The molecule has 0 spiro atoms. The van der Waals surface area contributed by atoms with Gasteiger partial charge < -0.3 is 10.2 Å². The fraction of sp³-hybridized carbons (Fsp3) is 0.632. The number of amides is 2. The van der Waals surface area contributed by atoms with Crippen LogP contribution in [0.2, 0.25) is 0 Å². The molecule has 0 atom stereocenters. The third-order valence-electron chi connectivity index (χ3n) is 5.24. The molecule has 0 aliphatic heterocycles. The summed E-state index contributed by atoms with van der Waals surface area (Å²) in [5.41, 5.74) is 1.48. The van der Waals surface area contributed by atoms with Crippen LogP contribution in [0.3, 0.4) is 0 Å². The summed E-state index contributed by atoms with van der Waals surface area (Å²) in [4.78, 5) is 13.9. The van der Waals surface area contributed by atoms with Crippen molar-refractivity contribution in [2.24, 2.45) is 11.8 Å². The van der Waals surface area contributed by atoms with Crippen molar-refractivity contribution in [2.75, 3.05) is 20.1 Å². The average molecular weight is 300 g/mol. The Balaban J connectivity index is 1.37. The molecule has 22 heavy (non-hydrogen) atoms. The van der Waals surface area contributed by atoms with E-state index in [2.05, 4.69) is 35.6 Å². The zero-order chi connectivity index (χ0) is 15.4. The van der Waals surface area contributed by atoms with Crippen LogP contribution in [-0.2, 0) is 0 Å². The van der Waals surface area contributed by atoms with Crippen molar-refractivity contribution in [2.45, 2.75) is 44.4 Å². The molecule has 3 rings (SSSR count). The second-order valence-electron chi connectivity index (χ2n) is 7.14. The van der Waals surface area contributed by atoms with Gasteiger partial charge in [-0.25, -0.2) is 4.79 Å². The van der Waals surface area contributed by atoms with Crippen molar-refractivity contribution in [3.8, 4) is 0 Å². The van der Waals surface area contributed by atoms with Gasteiger partial charge in [0.15, 0.2) is 0 Å². The zero-order valence-electron chi connectivity index (χ0n) is 13.6. The number of carbonyl (C=O) groups is 1. The molecule has 2 aliphatic rings. The molecule has 0 unspecified atom stereocenters. The molecule has 0 bridgehead atoms. The molecule has 0 radical (unpaired) electrons. The van der Waals surface area contributed by atoms with Gasteiger partial charge in [0.25, 0.3) is 0 Å². The van der Waals surface area contributed by atoms with Crippen LogP contribution in [0.15, 0.2) is 30.3 Å². The summed E-state index contributed by atoms with van der Waals surface area (Å²) in [6.07, 6.45) is 7.55. The quantitative estimate of drug-likeness (QED) is 0.875. The van der Waals surface area contributed by atoms with Crippen molar-refractivity contribution in [3.05, 3.63) is 35.9 Å². The van der Waals surface area contributed by atoms with Gasteiger partial charge in [0, 0.05) is 20.1 Å². The standard InChI is InChI=1S/C19H28N2O/c1-21(14-16-7-8-16)19(22)20-13-15-9-11-18(12-10-15)17-5-3-2-4-6-17/h2-6,15-16,18H,7-14H2,1H3,(H,20,22). The van der Waals surface area contributed by atoms with Gasteiger partial charge in [-0.1, -0.05) is 30.3 Å². The second-order valence-corrected chi connectivity index (χ2v) is 7.14. The SMILES string of the molecule is CN(CC1CC1)C(=O)NCC1CCC(c2ccccc2)CC1. The van der Waals surface area contributed by atoms with E-state index in [0.717, 1.165) is 19.0 Å². The number of hydrogen-bond donors (Lipinski definition) is 1. The molecular formula is C19H28N2O. The Hall–Kier alpha value is -1.51. The van der Waals surface area contributed by atoms with Crippen molar-refractivity contribution in [1.29, 1.82) is 0 Å². The van der Waals surface area contributed by atoms with Crippen molar-refractivity contribution in [1.82, 2.24) is 10.2 Å². The highest BCUT2D eigenvalue weighted by atomic mass is 16.2. The fourth-order valence-electron chi connectivity index (χ4n) is 3.56. The summed E-state index contributed by atoms with van der Waals surface area (Å²) in [6.45, 7) is 1.77. The molecule has 3 nitrogen and oxygen atoms in total. The fourth-order valence-corrected chi connectivity index (χ4v) is 3.56. The number of benzene rings is 1. The van der Waals surface area contributed by atoms with Gasteiger partial charge in [-0.05, 0) is 61.8 Å². The van der Waals surface area contributed by atoms with Crippen molar-refractivity contribution in [3.63, 3.8) is 0 Å². The van der Waals surface area contributed by atoms with Crippen LogP contribution in [-0.4, -0.2) is 31.1 Å². The first-order valence-electron chi connectivity index (χ1n) is 8.76. The van der Waals surface area contributed by atoms with Crippen molar-refractivity contribution < 1.29 is 4.79 Å². The van der Waals surface area contributed by atoms with E-state index in [1.807, 2.05) is 11.9 Å².